The van der Waals surface area contributed by atoms with Crippen LogP contribution in [0, 0.1) is 5.92 Å². The first-order valence-electron chi connectivity index (χ1n) is 9.56. The van der Waals surface area contributed by atoms with Crippen LogP contribution >= 0.6 is 11.6 Å². The van der Waals surface area contributed by atoms with Gasteiger partial charge in [-0.3, -0.25) is 4.90 Å². The normalized spacial score (nSPS) is 12.1. The zero-order valence-electron chi connectivity index (χ0n) is 16.4. The van der Waals surface area contributed by atoms with E-state index in [0.29, 0.717) is 13.0 Å². The number of carbonyl (C=O) groups is 2. The van der Waals surface area contributed by atoms with Crippen LogP contribution in [0.2, 0.25) is 0 Å². The Hall–Kier alpha value is -0.970. The molecule has 0 N–H and O–H groups in total. The molecule has 0 saturated carbocycles. The highest BCUT2D eigenvalue weighted by Gasteiger charge is 2.29. The van der Waals surface area contributed by atoms with Crippen molar-refractivity contribution in [2.75, 3.05) is 26.1 Å². The lowest BCUT2D eigenvalue weighted by Gasteiger charge is -2.27. The Morgan fingerprint density at radius 1 is 0.960 bits per heavy atom. The van der Waals surface area contributed by atoms with Crippen molar-refractivity contribution in [1.29, 1.82) is 0 Å². The quantitative estimate of drug-likeness (QED) is 0.243. The summed E-state index contributed by atoms with van der Waals surface area (Å²) in [7, 11) is 1.57. The van der Waals surface area contributed by atoms with Gasteiger partial charge < -0.3 is 9.47 Å². The van der Waals surface area contributed by atoms with Crippen molar-refractivity contribution in [1.82, 2.24) is 4.90 Å². The van der Waals surface area contributed by atoms with E-state index in [1.807, 2.05) is 13.8 Å². The van der Waals surface area contributed by atoms with Gasteiger partial charge in [-0.05, 0) is 18.8 Å². The van der Waals surface area contributed by atoms with E-state index in [9.17, 15) is 9.59 Å². The first-order valence-corrected chi connectivity index (χ1v) is 10.1. The third-order valence-electron chi connectivity index (χ3n) is 4.02. The Labute approximate surface area is 158 Å². The highest BCUT2D eigenvalue weighted by Crippen LogP contribution is 2.14. The van der Waals surface area contributed by atoms with Crippen LogP contribution in [0.4, 0.5) is 4.79 Å². The fourth-order valence-electron chi connectivity index (χ4n) is 2.54. The minimum absolute atomic E-state index is 0.131. The molecule has 1 atom stereocenters. The van der Waals surface area contributed by atoms with Crippen LogP contribution in [0.5, 0.6) is 0 Å². The number of unbranched alkanes of at least 4 members (excludes halogenated alkanes) is 6. The van der Waals surface area contributed by atoms with Crippen molar-refractivity contribution in [2.45, 2.75) is 78.2 Å². The molecule has 0 aromatic carbocycles. The highest BCUT2D eigenvalue weighted by molar-refractivity contribution is 6.18. The summed E-state index contributed by atoms with van der Waals surface area (Å²) >= 11 is 5.53. The minimum atomic E-state index is -0.618. The standard InChI is InChI=1S/C19H36ClNO4/c1-5-6-7-8-9-10-11-13-24-18(22)17(15-16(2)3)21(4)19(23)25-14-12-20/h16-17H,5-15H2,1-4H3. The Morgan fingerprint density at radius 2 is 1.56 bits per heavy atom. The van der Waals surface area contributed by atoms with E-state index in [2.05, 4.69) is 6.92 Å². The van der Waals surface area contributed by atoms with Crippen LogP contribution in [0.15, 0.2) is 0 Å². The largest absolute Gasteiger partial charge is 0.464 e. The summed E-state index contributed by atoms with van der Waals surface area (Å²) in [5, 5.41) is 0. The molecule has 0 aliphatic heterocycles. The number of esters is 1. The van der Waals surface area contributed by atoms with Gasteiger partial charge in [0.2, 0.25) is 0 Å². The predicted octanol–water partition coefficient (Wildman–Crippen LogP) is 5.00. The van der Waals surface area contributed by atoms with Crippen LogP contribution in [-0.4, -0.2) is 49.1 Å². The number of halogens is 1. The van der Waals surface area contributed by atoms with Crippen LogP contribution in [0.1, 0.15) is 72.1 Å². The van der Waals surface area contributed by atoms with E-state index in [1.54, 1.807) is 7.05 Å². The molecule has 5 nitrogen and oxygen atoms in total. The molecular formula is C19H36ClNO4. The molecule has 6 heteroatoms. The van der Waals surface area contributed by atoms with E-state index in [0.717, 1.165) is 12.8 Å². The summed E-state index contributed by atoms with van der Waals surface area (Å²) in [5.41, 5.74) is 0. The average molecular weight is 378 g/mol. The monoisotopic (exact) mass is 377 g/mol. The van der Waals surface area contributed by atoms with Gasteiger partial charge in [-0.2, -0.15) is 0 Å². The molecule has 0 saturated heterocycles. The first-order chi connectivity index (χ1) is 11.9. The summed E-state index contributed by atoms with van der Waals surface area (Å²) in [6, 6.07) is -0.618. The fourth-order valence-corrected chi connectivity index (χ4v) is 2.62. The average Bonchev–Trinajstić information content (AvgIpc) is 2.58. The van der Waals surface area contributed by atoms with Crippen molar-refractivity contribution in [3.63, 3.8) is 0 Å². The number of hydrogen-bond acceptors (Lipinski definition) is 4. The number of alkyl halides is 1. The van der Waals surface area contributed by atoms with Gasteiger partial charge in [0.15, 0.2) is 0 Å². The molecule has 0 heterocycles. The molecule has 0 spiro atoms. The maximum atomic E-state index is 12.4. The SMILES string of the molecule is CCCCCCCCCOC(=O)C(CC(C)C)N(C)C(=O)OCCCl. The molecule has 25 heavy (non-hydrogen) atoms. The summed E-state index contributed by atoms with van der Waals surface area (Å²) in [5.74, 6) is 0.140. The Kier molecular flexibility index (Phi) is 14.7. The van der Waals surface area contributed by atoms with Gasteiger partial charge in [0.25, 0.3) is 0 Å². The topological polar surface area (TPSA) is 55.8 Å². The summed E-state index contributed by atoms with van der Waals surface area (Å²) < 4.78 is 10.4. The minimum Gasteiger partial charge on any atom is -0.464 e. The van der Waals surface area contributed by atoms with E-state index in [4.69, 9.17) is 21.1 Å². The van der Waals surface area contributed by atoms with E-state index in [1.165, 1.54) is 37.0 Å². The second kappa shape index (κ2) is 15.3. The van der Waals surface area contributed by atoms with Crippen molar-refractivity contribution in [2.24, 2.45) is 5.92 Å². The van der Waals surface area contributed by atoms with Crippen molar-refractivity contribution in [3.8, 4) is 0 Å². The second-order valence-electron chi connectivity index (χ2n) is 6.85. The molecule has 0 radical (unpaired) electrons. The molecule has 0 aliphatic rings. The molecule has 148 valence electrons. The maximum absolute atomic E-state index is 12.4. The molecule has 1 unspecified atom stereocenters. The number of carbonyl (C=O) groups excluding carboxylic acids is 2. The van der Waals surface area contributed by atoms with Gasteiger partial charge in [-0.15, -0.1) is 11.6 Å². The number of hydrogen-bond donors (Lipinski definition) is 0. The van der Waals surface area contributed by atoms with Crippen molar-refractivity contribution < 1.29 is 19.1 Å². The smallest absolute Gasteiger partial charge is 0.410 e. The van der Waals surface area contributed by atoms with Crippen LogP contribution in [0.3, 0.4) is 0 Å². The molecule has 0 bridgehead atoms. The van der Waals surface area contributed by atoms with Crippen LogP contribution in [-0.2, 0) is 14.3 Å². The third kappa shape index (κ3) is 12.1. The first kappa shape index (κ1) is 24.0. The molecule has 0 aromatic heterocycles. The van der Waals surface area contributed by atoms with Gasteiger partial charge in [-0.1, -0.05) is 59.3 Å². The number of likely N-dealkylation sites (N-methyl/N-ethyl adjacent to an activating group) is 1. The summed E-state index contributed by atoms with van der Waals surface area (Å²) in [4.78, 5) is 25.7. The summed E-state index contributed by atoms with van der Waals surface area (Å²) in [6.07, 6.45) is 8.17. The number of amides is 1. The Morgan fingerprint density at radius 3 is 2.12 bits per heavy atom. The predicted molar refractivity (Wildman–Crippen MR) is 102 cm³/mol. The van der Waals surface area contributed by atoms with Crippen LogP contribution < -0.4 is 0 Å². The van der Waals surface area contributed by atoms with Gasteiger partial charge >= 0.3 is 12.1 Å². The zero-order valence-corrected chi connectivity index (χ0v) is 17.1. The van der Waals surface area contributed by atoms with Gasteiger partial charge in [-0.25, -0.2) is 9.59 Å². The summed E-state index contributed by atoms with van der Waals surface area (Å²) in [6.45, 7) is 6.76. The number of nitrogens with zero attached hydrogens (tertiary/aromatic N) is 1. The molecule has 0 fully saturated rings. The lowest BCUT2D eigenvalue weighted by Crippen LogP contribution is -2.44. The van der Waals surface area contributed by atoms with Gasteiger partial charge in [0.05, 0.1) is 12.5 Å². The Balaban J connectivity index is 4.24. The second-order valence-corrected chi connectivity index (χ2v) is 7.23. The van der Waals surface area contributed by atoms with E-state index < -0.39 is 12.1 Å². The fraction of sp³-hybridized carbons (Fsp3) is 0.895. The maximum Gasteiger partial charge on any atom is 0.410 e. The Bertz CT molecular complexity index is 363. The molecule has 0 aromatic rings. The molecule has 0 aliphatic carbocycles. The van der Waals surface area contributed by atoms with Crippen LogP contribution in [0.25, 0.3) is 0 Å². The third-order valence-corrected chi connectivity index (χ3v) is 4.17. The lowest BCUT2D eigenvalue weighted by molar-refractivity contribution is -0.149. The van der Waals surface area contributed by atoms with Gasteiger partial charge in [0.1, 0.15) is 12.6 Å². The number of rotatable bonds is 14. The highest BCUT2D eigenvalue weighted by atomic mass is 35.5. The lowest BCUT2D eigenvalue weighted by atomic mass is 10.0. The number of ether oxygens (including phenoxy) is 2. The van der Waals surface area contributed by atoms with E-state index in [-0.39, 0.29) is 24.4 Å². The molecule has 1 amide bonds. The van der Waals surface area contributed by atoms with Crippen molar-refractivity contribution in [3.05, 3.63) is 0 Å². The van der Waals surface area contributed by atoms with Crippen molar-refractivity contribution >= 4 is 23.7 Å². The van der Waals surface area contributed by atoms with E-state index >= 15 is 0 Å². The molecular weight excluding hydrogens is 342 g/mol. The zero-order chi connectivity index (χ0) is 19.1. The molecule has 0 rings (SSSR count). The van der Waals surface area contributed by atoms with Gasteiger partial charge in [0, 0.05) is 7.05 Å².